The number of nitrogens with one attached hydrogen (secondary N) is 1. The van der Waals surface area contributed by atoms with Gasteiger partial charge in [-0.3, -0.25) is 4.79 Å². The zero-order valence-corrected chi connectivity index (χ0v) is 8.93. The highest BCUT2D eigenvalue weighted by atomic mass is 16.3. The van der Waals surface area contributed by atoms with Crippen LogP contribution in [0.2, 0.25) is 0 Å². The van der Waals surface area contributed by atoms with Gasteiger partial charge in [-0.2, -0.15) is 0 Å². The fraction of sp³-hybridized carbons (Fsp3) is 0.250. The van der Waals surface area contributed by atoms with Crippen LogP contribution in [-0.2, 0) is 4.79 Å². The Morgan fingerprint density at radius 2 is 2.25 bits per heavy atom. The minimum atomic E-state index is -0.509. The predicted molar refractivity (Wildman–Crippen MR) is 59.9 cm³/mol. The van der Waals surface area contributed by atoms with Crippen molar-refractivity contribution in [1.29, 1.82) is 0 Å². The summed E-state index contributed by atoms with van der Waals surface area (Å²) in [7, 11) is 0. The van der Waals surface area contributed by atoms with Crippen molar-refractivity contribution in [3.8, 4) is 0 Å². The van der Waals surface area contributed by atoms with Crippen molar-refractivity contribution in [2.24, 2.45) is 0 Å². The summed E-state index contributed by atoms with van der Waals surface area (Å²) in [6.07, 6.45) is 0. The van der Waals surface area contributed by atoms with Gasteiger partial charge in [-0.15, -0.1) is 0 Å². The molecule has 0 aliphatic rings. The quantitative estimate of drug-likeness (QED) is 0.824. The van der Waals surface area contributed by atoms with E-state index in [0.29, 0.717) is 5.76 Å². The summed E-state index contributed by atoms with van der Waals surface area (Å²) in [5.74, 6) is 0.274. The van der Waals surface area contributed by atoms with Crippen LogP contribution in [0.1, 0.15) is 18.7 Å². The Morgan fingerprint density at radius 3 is 2.94 bits per heavy atom. The SMILES string of the molecule is CC(NC(=O)CO)c1cc2ccccc2o1. The molecule has 1 aromatic heterocycles. The minimum absolute atomic E-state index is 0.243. The summed E-state index contributed by atoms with van der Waals surface area (Å²) in [5.41, 5.74) is 0.794. The second-order valence-electron chi connectivity index (χ2n) is 3.63. The summed E-state index contributed by atoms with van der Waals surface area (Å²) in [5, 5.41) is 12.3. The van der Waals surface area contributed by atoms with Crippen molar-refractivity contribution in [3.05, 3.63) is 36.1 Å². The normalized spacial score (nSPS) is 12.6. The van der Waals surface area contributed by atoms with Gasteiger partial charge in [-0.1, -0.05) is 18.2 Å². The Balaban J connectivity index is 2.23. The maximum absolute atomic E-state index is 11.0. The van der Waals surface area contributed by atoms with Gasteiger partial charge < -0.3 is 14.8 Å². The molecule has 1 aromatic carbocycles. The van der Waals surface area contributed by atoms with E-state index in [0.717, 1.165) is 11.0 Å². The highest BCUT2D eigenvalue weighted by Gasteiger charge is 2.13. The van der Waals surface area contributed by atoms with Crippen LogP contribution in [0.15, 0.2) is 34.7 Å². The lowest BCUT2D eigenvalue weighted by molar-refractivity contribution is -0.124. The number of aliphatic hydroxyl groups is 1. The summed E-state index contributed by atoms with van der Waals surface area (Å²) in [6, 6.07) is 9.29. The summed E-state index contributed by atoms with van der Waals surface area (Å²) >= 11 is 0. The smallest absolute Gasteiger partial charge is 0.246 e. The Labute approximate surface area is 92.9 Å². The Bertz CT molecular complexity index is 471. The molecule has 84 valence electrons. The van der Waals surface area contributed by atoms with E-state index in [9.17, 15) is 4.79 Å². The molecule has 2 aromatic rings. The van der Waals surface area contributed by atoms with E-state index in [1.807, 2.05) is 37.3 Å². The molecule has 0 aliphatic heterocycles. The highest BCUT2D eigenvalue weighted by molar-refractivity contribution is 5.79. The number of carbonyl (C=O) groups is 1. The van der Waals surface area contributed by atoms with Crippen molar-refractivity contribution >= 4 is 16.9 Å². The maximum Gasteiger partial charge on any atom is 0.246 e. The van der Waals surface area contributed by atoms with Crippen molar-refractivity contribution < 1.29 is 14.3 Å². The second-order valence-corrected chi connectivity index (χ2v) is 3.63. The van der Waals surface area contributed by atoms with E-state index in [-0.39, 0.29) is 6.04 Å². The molecule has 4 nitrogen and oxygen atoms in total. The zero-order valence-electron chi connectivity index (χ0n) is 8.93. The first kappa shape index (κ1) is 10.7. The molecule has 0 fully saturated rings. The number of aliphatic hydroxyl groups excluding tert-OH is 1. The van der Waals surface area contributed by atoms with Crippen molar-refractivity contribution in [1.82, 2.24) is 5.32 Å². The molecule has 1 atom stereocenters. The van der Waals surface area contributed by atoms with Crippen molar-refractivity contribution in [2.75, 3.05) is 6.61 Å². The monoisotopic (exact) mass is 219 g/mol. The maximum atomic E-state index is 11.0. The van der Waals surface area contributed by atoms with Gasteiger partial charge >= 0.3 is 0 Å². The molecule has 16 heavy (non-hydrogen) atoms. The second kappa shape index (κ2) is 4.37. The van der Waals surface area contributed by atoms with Gasteiger partial charge in [0.25, 0.3) is 0 Å². The third kappa shape index (κ3) is 2.06. The van der Waals surface area contributed by atoms with Crippen LogP contribution >= 0.6 is 0 Å². The number of benzene rings is 1. The van der Waals surface area contributed by atoms with Crippen LogP contribution in [0.25, 0.3) is 11.0 Å². The molecule has 0 bridgehead atoms. The van der Waals surface area contributed by atoms with E-state index in [1.54, 1.807) is 0 Å². The average Bonchev–Trinajstić information content (AvgIpc) is 2.72. The Kier molecular flexibility index (Phi) is 2.92. The van der Waals surface area contributed by atoms with Gasteiger partial charge in [-0.25, -0.2) is 0 Å². The lowest BCUT2D eigenvalue weighted by Crippen LogP contribution is -2.28. The number of rotatable bonds is 3. The van der Waals surface area contributed by atoms with Crippen molar-refractivity contribution in [2.45, 2.75) is 13.0 Å². The van der Waals surface area contributed by atoms with Gasteiger partial charge in [0.15, 0.2) is 0 Å². The van der Waals surface area contributed by atoms with Crippen LogP contribution in [0.5, 0.6) is 0 Å². The molecule has 1 unspecified atom stereocenters. The summed E-state index contributed by atoms with van der Waals surface area (Å²) < 4.78 is 5.58. The Morgan fingerprint density at radius 1 is 1.50 bits per heavy atom. The van der Waals surface area contributed by atoms with E-state index in [2.05, 4.69) is 5.32 Å². The Hall–Kier alpha value is -1.81. The highest BCUT2D eigenvalue weighted by Crippen LogP contribution is 2.23. The van der Waals surface area contributed by atoms with Gasteiger partial charge in [0, 0.05) is 5.39 Å². The number of amides is 1. The fourth-order valence-electron chi connectivity index (χ4n) is 1.57. The van der Waals surface area contributed by atoms with Gasteiger partial charge in [0.1, 0.15) is 18.0 Å². The lowest BCUT2D eigenvalue weighted by Gasteiger charge is -2.09. The third-order valence-electron chi connectivity index (χ3n) is 2.39. The molecule has 1 amide bonds. The molecule has 0 radical (unpaired) electrons. The van der Waals surface area contributed by atoms with E-state index < -0.39 is 12.5 Å². The molecule has 0 saturated carbocycles. The van der Waals surface area contributed by atoms with Crippen LogP contribution in [0.3, 0.4) is 0 Å². The topological polar surface area (TPSA) is 62.5 Å². The van der Waals surface area contributed by atoms with Crippen molar-refractivity contribution in [3.63, 3.8) is 0 Å². The van der Waals surface area contributed by atoms with Crippen LogP contribution in [-0.4, -0.2) is 17.6 Å². The fourth-order valence-corrected chi connectivity index (χ4v) is 1.57. The molecule has 0 saturated heterocycles. The molecule has 2 rings (SSSR count). The minimum Gasteiger partial charge on any atom is -0.459 e. The molecule has 0 aliphatic carbocycles. The van der Waals surface area contributed by atoms with Crippen LogP contribution in [0, 0.1) is 0 Å². The molecule has 2 N–H and O–H groups in total. The van der Waals surface area contributed by atoms with Gasteiger partial charge in [0.05, 0.1) is 6.04 Å². The molecule has 1 heterocycles. The summed E-state index contributed by atoms with van der Waals surface area (Å²) in [4.78, 5) is 11.0. The number of hydrogen-bond acceptors (Lipinski definition) is 3. The van der Waals surface area contributed by atoms with Crippen LogP contribution in [0.4, 0.5) is 0 Å². The van der Waals surface area contributed by atoms with E-state index in [4.69, 9.17) is 9.52 Å². The van der Waals surface area contributed by atoms with Gasteiger partial charge in [0.2, 0.25) is 5.91 Å². The molecule has 4 heteroatoms. The average molecular weight is 219 g/mol. The van der Waals surface area contributed by atoms with E-state index in [1.165, 1.54) is 0 Å². The number of furan rings is 1. The summed E-state index contributed by atoms with van der Waals surface area (Å²) in [6.45, 7) is 1.30. The standard InChI is InChI=1S/C12H13NO3/c1-8(13-12(15)7-14)11-6-9-4-2-3-5-10(9)16-11/h2-6,8,14H,7H2,1H3,(H,13,15). The largest absolute Gasteiger partial charge is 0.459 e. The lowest BCUT2D eigenvalue weighted by atomic mass is 10.2. The van der Waals surface area contributed by atoms with E-state index >= 15 is 0 Å². The first-order chi connectivity index (χ1) is 7.70. The third-order valence-corrected chi connectivity index (χ3v) is 2.39. The number of carbonyl (C=O) groups excluding carboxylic acids is 1. The number of hydrogen-bond donors (Lipinski definition) is 2. The molecule has 0 spiro atoms. The molecular formula is C12H13NO3. The number of para-hydroxylation sites is 1. The first-order valence-corrected chi connectivity index (χ1v) is 5.09. The zero-order chi connectivity index (χ0) is 11.5. The number of fused-ring (bicyclic) bond motifs is 1. The molecular weight excluding hydrogens is 206 g/mol. The van der Waals surface area contributed by atoms with Crippen LogP contribution < -0.4 is 5.32 Å². The van der Waals surface area contributed by atoms with Gasteiger partial charge in [-0.05, 0) is 19.1 Å². The predicted octanol–water partition coefficient (Wildman–Crippen LogP) is 1.60. The first-order valence-electron chi connectivity index (χ1n) is 5.09.